The molecule has 0 aromatic heterocycles. The highest BCUT2D eigenvalue weighted by molar-refractivity contribution is 5.99. The van der Waals surface area contributed by atoms with Crippen LogP contribution in [-0.4, -0.2) is 6.03 Å². The molecule has 0 aliphatic rings. The maximum absolute atomic E-state index is 13.2. The lowest BCUT2D eigenvalue weighted by Gasteiger charge is -2.08. The normalized spacial score (nSPS) is 10.0. The van der Waals surface area contributed by atoms with E-state index in [9.17, 15) is 13.6 Å². The molecular weight excluding hydrogens is 252 g/mol. The Morgan fingerprint density at radius 2 is 1.53 bits per heavy atom. The first-order chi connectivity index (χ1) is 9.04. The summed E-state index contributed by atoms with van der Waals surface area (Å²) >= 11 is 0. The molecule has 0 saturated carbocycles. The average molecular weight is 263 g/mol. The Balaban J connectivity index is 2.01. The van der Waals surface area contributed by atoms with Gasteiger partial charge >= 0.3 is 6.03 Å². The number of urea groups is 1. The van der Waals surface area contributed by atoms with E-state index in [4.69, 9.17) is 5.73 Å². The van der Waals surface area contributed by atoms with Gasteiger partial charge in [-0.3, -0.25) is 0 Å². The van der Waals surface area contributed by atoms with E-state index in [0.29, 0.717) is 5.69 Å². The molecule has 19 heavy (non-hydrogen) atoms. The van der Waals surface area contributed by atoms with Crippen LogP contribution in [0, 0.1) is 11.6 Å². The Kier molecular flexibility index (Phi) is 3.61. The standard InChI is InChI=1S/C13H11F2N3O/c14-8-1-3-9(4-2-8)17-13(19)18-10-5-6-12(16)11(15)7-10/h1-7H,16H2,(H2,17,18,19). The zero-order valence-corrected chi connectivity index (χ0v) is 9.78. The quantitative estimate of drug-likeness (QED) is 0.728. The predicted octanol–water partition coefficient (Wildman–Crippen LogP) is 3.19. The van der Waals surface area contributed by atoms with Gasteiger partial charge in [0.15, 0.2) is 0 Å². The molecule has 2 aromatic carbocycles. The first-order valence-corrected chi connectivity index (χ1v) is 5.43. The highest BCUT2D eigenvalue weighted by atomic mass is 19.1. The fraction of sp³-hybridized carbons (Fsp3) is 0. The van der Waals surface area contributed by atoms with E-state index >= 15 is 0 Å². The number of amides is 2. The van der Waals surface area contributed by atoms with Gasteiger partial charge in [-0.2, -0.15) is 0 Å². The number of carbonyl (C=O) groups is 1. The Bertz CT molecular complexity index is 599. The van der Waals surface area contributed by atoms with Crippen molar-refractivity contribution in [3.8, 4) is 0 Å². The fourth-order valence-electron chi connectivity index (χ4n) is 1.43. The molecule has 0 unspecified atom stereocenters. The van der Waals surface area contributed by atoms with Crippen LogP contribution < -0.4 is 16.4 Å². The summed E-state index contributed by atoms with van der Waals surface area (Å²) in [5.74, 6) is -1.01. The third-order valence-electron chi connectivity index (χ3n) is 2.36. The van der Waals surface area contributed by atoms with Crippen molar-refractivity contribution in [1.29, 1.82) is 0 Å². The summed E-state index contributed by atoms with van der Waals surface area (Å²) in [6.45, 7) is 0. The van der Waals surface area contributed by atoms with Crippen LogP contribution in [0.25, 0.3) is 0 Å². The Labute approximate surface area is 108 Å². The largest absolute Gasteiger partial charge is 0.396 e. The second-order valence-electron chi connectivity index (χ2n) is 3.82. The van der Waals surface area contributed by atoms with Crippen LogP contribution in [-0.2, 0) is 0 Å². The maximum atomic E-state index is 13.2. The van der Waals surface area contributed by atoms with E-state index in [1.54, 1.807) is 0 Å². The fourth-order valence-corrected chi connectivity index (χ4v) is 1.43. The van der Waals surface area contributed by atoms with E-state index in [1.807, 2.05) is 0 Å². The molecule has 2 rings (SSSR count). The molecule has 0 aliphatic carbocycles. The van der Waals surface area contributed by atoms with Crippen molar-refractivity contribution in [2.24, 2.45) is 0 Å². The monoisotopic (exact) mass is 263 g/mol. The summed E-state index contributed by atoms with van der Waals surface area (Å²) in [4.78, 5) is 11.6. The molecule has 0 saturated heterocycles. The minimum Gasteiger partial charge on any atom is -0.396 e. The maximum Gasteiger partial charge on any atom is 0.323 e. The van der Waals surface area contributed by atoms with Crippen LogP contribution in [0.2, 0.25) is 0 Å². The minimum atomic E-state index is -0.611. The first kappa shape index (κ1) is 12.8. The van der Waals surface area contributed by atoms with Crippen molar-refractivity contribution >= 4 is 23.1 Å². The lowest BCUT2D eigenvalue weighted by atomic mass is 10.2. The van der Waals surface area contributed by atoms with Crippen molar-refractivity contribution in [3.05, 3.63) is 54.1 Å². The van der Waals surface area contributed by atoms with Crippen molar-refractivity contribution in [3.63, 3.8) is 0 Å². The van der Waals surface area contributed by atoms with Crippen molar-refractivity contribution in [2.45, 2.75) is 0 Å². The van der Waals surface area contributed by atoms with Crippen LogP contribution >= 0.6 is 0 Å². The Morgan fingerprint density at radius 3 is 2.16 bits per heavy atom. The number of nitrogens with two attached hydrogens (primary N) is 1. The molecule has 0 fully saturated rings. The molecule has 0 aliphatic heterocycles. The Hall–Kier alpha value is -2.63. The number of rotatable bonds is 2. The summed E-state index contributed by atoms with van der Waals surface area (Å²) < 4.78 is 25.8. The van der Waals surface area contributed by atoms with Crippen LogP contribution in [0.3, 0.4) is 0 Å². The number of carbonyl (C=O) groups excluding carboxylic acids is 1. The topological polar surface area (TPSA) is 67.1 Å². The number of hydrogen-bond acceptors (Lipinski definition) is 2. The van der Waals surface area contributed by atoms with Gasteiger partial charge < -0.3 is 16.4 Å². The highest BCUT2D eigenvalue weighted by Gasteiger charge is 2.05. The molecule has 4 N–H and O–H groups in total. The molecule has 2 aromatic rings. The second kappa shape index (κ2) is 5.34. The van der Waals surface area contributed by atoms with Crippen LogP contribution in [0.15, 0.2) is 42.5 Å². The highest BCUT2D eigenvalue weighted by Crippen LogP contribution is 2.16. The smallest absolute Gasteiger partial charge is 0.323 e. The average Bonchev–Trinajstić information content (AvgIpc) is 2.37. The number of halogens is 2. The van der Waals surface area contributed by atoms with Crippen LogP contribution in [0.4, 0.5) is 30.6 Å². The van der Waals surface area contributed by atoms with Gasteiger partial charge in [0.1, 0.15) is 11.6 Å². The van der Waals surface area contributed by atoms with Gasteiger partial charge in [0.2, 0.25) is 0 Å². The van der Waals surface area contributed by atoms with Gasteiger partial charge in [-0.05, 0) is 42.5 Å². The molecular formula is C13H11F2N3O. The van der Waals surface area contributed by atoms with E-state index in [-0.39, 0.29) is 11.4 Å². The van der Waals surface area contributed by atoms with E-state index < -0.39 is 17.7 Å². The second-order valence-corrected chi connectivity index (χ2v) is 3.82. The van der Waals surface area contributed by atoms with Gasteiger partial charge in [0, 0.05) is 11.4 Å². The number of benzene rings is 2. The zero-order chi connectivity index (χ0) is 13.8. The third kappa shape index (κ3) is 3.41. The van der Waals surface area contributed by atoms with Crippen LogP contribution in [0.5, 0.6) is 0 Å². The summed E-state index contributed by atoms with van der Waals surface area (Å²) in [5.41, 5.74) is 6.02. The van der Waals surface area contributed by atoms with E-state index in [1.165, 1.54) is 36.4 Å². The first-order valence-electron chi connectivity index (χ1n) is 5.43. The summed E-state index contributed by atoms with van der Waals surface area (Å²) in [5, 5.41) is 4.91. The summed E-state index contributed by atoms with van der Waals surface area (Å²) in [6, 6.07) is 8.65. The molecule has 0 radical (unpaired) electrons. The third-order valence-corrected chi connectivity index (χ3v) is 2.36. The molecule has 0 bridgehead atoms. The molecule has 0 heterocycles. The number of nitrogens with one attached hydrogen (secondary N) is 2. The van der Waals surface area contributed by atoms with Gasteiger partial charge in [0.05, 0.1) is 5.69 Å². The predicted molar refractivity (Wildman–Crippen MR) is 69.9 cm³/mol. The van der Waals surface area contributed by atoms with E-state index in [2.05, 4.69) is 10.6 Å². The van der Waals surface area contributed by atoms with Crippen molar-refractivity contribution < 1.29 is 13.6 Å². The van der Waals surface area contributed by atoms with Crippen molar-refractivity contribution in [2.75, 3.05) is 16.4 Å². The SMILES string of the molecule is Nc1ccc(NC(=O)Nc2ccc(F)cc2)cc1F. The van der Waals surface area contributed by atoms with Crippen LogP contribution in [0.1, 0.15) is 0 Å². The molecule has 4 nitrogen and oxygen atoms in total. The molecule has 6 heteroatoms. The number of hydrogen-bond donors (Lipinski definition) is 3. The van der Waals surface area contributed by atoms with Crippen molar-refractivity contribution in [1.82, 2.24) is 0 Å². The molecule has 98 valence electrons. The lowest BCUT2D eigenvalue weighted by molar-refractivity contribution is 0.262. The number of nitrogen functional groups attached to an aromatic ring is 1. The molecule has 0 spiro atoms. The minimum absolute atomic E-state index is 0.00416. The van der Waals surface area contributed by atoms with Gasteiger partial charge in [-0.1, -0.05) is 0 Å². The van der Waals surface area contributed by atoms with Gasteiger partial charge in [0.25, 0.3) is 0 Å². The van der Waals surface area contributed by atoms with Gasteiger partial charge in [-0.15, -0.1) is 0 Å². The Morgan fingerprint density at radius 1 is 0.947 bits per heavy atom. The lowest BCUT2D eigenvalue weighted by Crippen LogP contribution is -2.19. The summed E-state index contributed by atoms with van der Waals surface area (Å²) in [6.07, 6.45) is 0. The molecule has 0 atom stereocenters. The number of anilines is 3. The molecule has 2 amide bonds. The summed E-state index contributed by atoms with van der Waals surface area (Å²) in [7, 11) is 0. The zero-order valence-electron chi connectivity index (χ0n) is 9.78. The van der Waals surface area contributed by atoms with Gasteiger partial charge in [-0.25, -0.2) is 13.6 Å². The van der Waals surface area contributed by atoms with E-state index in [0.717, 1.165) is 6.07 Å².